The van der Waals surface area contributed by atoms with Crippen LogP contribution in [0.3, 0.4) is 0 Å². The quantitative estimate of drug-likeness (QED) is 0.798. The molecule has 2 fully saturated rings. The topological polar surface area (TPSA) is 30.7 Å². The molecule has 1 aromatic heterocycles. The molecule has 88 valence electrons. The van der Waals surface area contributed by atoms with Crippen LogP contribution in [0.1, 0.15) is 50.2 Å². The van der Waals surface area contributed by atoms with Crippen LogP contribution < -0.4 is 0 Å². The van der Waals surface area contributed by atoms with Gasteiger partial charge in [0.25, 0.3) is 0 Å². The molecule has 3 rings (SSSR count). The first-order chi connectivity index (χ1) is 7.86. The summed E-state index contributed by atoms with van der Waals surface area (Å²) in [5.41, 5.74) is 0. The summed E-state index contributed by atoms with van der Waals surface area (Å²) in [4.78, 5) is 0. The van der Waals surface area contributed by atoms with Gasteiger partial charge in [-0.05, 0) is 31.6 Å². The molecule has 2 atom stereocenters. The van der Waals surface area contributed by atoms with E-state index in [9.17, 15) is 0 Å². The number of hydrogen-bond donors (Lipinski definition) is 0. The van der Waals surface area contributed by atoms with Crippen LogP contribution in [0.4, 0.5) is 0 Å². The van der Waals surface area contributed by atoms with Crippen molar-refractivity contribution in [3.05, 3.63) is 11.6 Å². The second-order valence-corrected chi connectivity index (χ2v) is 5.55. The van der Waals surface area contributed by atoms with E-state index < -0.39 is 0 Å². The zero-order valence-corrected chi connectivity index (χ0v) is 11.3. The van der Waals surface area contributed by atoms with E-state index in [1.165, 1.54) is 31.5 Å². The minimum Gasteiger partial charge on any atom is -0.314 e. The van der Waals surface area contributed by atoms with Crippen LogP contribution in [-0.4, -0.2) is 14.8 Å². The van der Waals surface area contributed by atoms with Crippen molar-refractivity contribution in [1.29, 1.82) is 0 Å². The summed E-state index contributed by atoms with van der Waals surface area (Å²) in [5.74, 6) is 4.91. The molecule has 2 saturated carbocycles. The third-order valence-corrected chi connectivity index (χ3v) is 4.75. The molecular weight excluding hydrogens is 266 g/mol. The minimum absolute atomic E-state index is 0.725. The Morgan fingerprint density at radius 2 is 1.94 bits per heavy atom. The first-order valence-electron chi connectivity index (χ1n) is 6.34. The van der Waals surface area contributed by atoms with Crippen LogP contribution >= 0.6 is 15.9 Å². The normalized spacial score (nSPS) is 32.5. The average molecular weight is 284 g/mol. The fraction of sp³-hybridized carbons (Fsp3) is 0.833. The van der Waals surface area contributed by atoms with E-state index in [0.717, 1.165) is 35.5 Å². The number of fused-ring (bicyclic) bond motifs is 1. The van der Waals surface area contributed by atoms with Gasteiger partial charge >= 0.3 is 0 Å². The Kier molecular flexibility index (Phi) is 2.78. The lowest BCUT2D eigenvalue weighted by Crippen LogP contribution is -2.04. The highest BCUT2D eigenvalue weighted by atomic mass is 79.9. The third kappa shape index (κ3) is 1.53. The Labute approximate surface area is 105 Å². The number of nitrogens with zero attached hydrogens (tertiary/aromatic N) is 3. The van der Waals surface area contributed by atoms with Gasteiger partial charge in [-0.15, -0.1) is 10.2 Å². The second-order valence-electron chi connectivity index (χ2n) is 4.99. The molecular formula is C12H18BrN3. The molecule has 2 unspecified atom stereocenters. The summed E-state index contributed by atoms with van der Waals surface area (Å²) in [5, 5.41) is 9.53. The molecule has 0 bridgehead atoms. The van der Waals surface area contributed by atoms with Crippen molar-refractivity contribution in [2.24, 2.45) is 11.8 Å². The highest BCUT2D eigenvalue weighted by Gasteiger charge is 2.53. The summed E-state index contributed by atoms with van der Waals surface area (Å²) in [6, 6.07) is 0. The monoisotopic (exact) mass is 283 g/mol. The Balaban J connectivity index is 1.87. The van der Waals surface area contributed by atoms with Crippen molar-refractivity contribution < 1.29 is 0 Å². The smallest absolute Gasteiger partial charge is 0.143 e. The average Bonchev–Trinajstić information content (AvgIpc) is 2.91. The van der Waals surface area contributed by atoms with Crippen molar-refractivity contribution in [3.8, 4) is 0 Å². The van der Waals surface area contributed by atoms with Crippen LogP contribution in [0, 0.1) is 11.8 Å². The minimum atomic E-state index is 0.725. The molecule has 2 aliphatic carbocycles. The Bertz CT molecular complexity index is 376. The van der Waals surface area contributed by atoms with Gasteiger partial charge in [-0.3, -0.25) is 0 Å². The number of hydrogen-bond acceptors (Lipinski definition) is 2. The maximum atomic E-state index is 4.43. The van der Waals surface area contributed by atoms with Gasteiger partial charge in [0.1, 0.15) is 11.6 Å². The summed E-state index contributed by atoms with van der Waals surface area (Å²) in [6.07, 6.45) is 5.66. The number of rotatable bonds is 3. The summed E-state index contributed by atoms with van der Waals surface area (Å²) >= 11 is 3.49. The second kappa shape index (κ2) is 4.13. The van der Waals surface area contributed by atoms with Crippen LogP contribution in [-0.2, 0) is 11.9 Å². The molecule has 0 aromatic carbocycles. The molecule has 1 aromatic rings. The van der Waals surface area contributed by atoms with E-state index in [4.69, 9.17) is 0 Å². The van der Waals surface area contributed by atoms with E-state index in [-0.39, 0.29) is 0 Å². The number of aromatic nitrogens is 3. The van der Waals surface area contributed by atoms with Crippen molar-refractivity contribution in [1.82, 2.24) is 14.8 Å². The molecule has 3 nitrogen and oxygen atoms in total. The highest BCUT2D eigenvalue weighted by Crippen LogP contribution is 2.60. The van der Waals surface area contributed by atoms with Crippen molar-refractivity contribution in [3.63, 3.8) is 0 Å². The van der Waals surface area contributed by atoms with Gasteiger partial charge in [0.2, 0.25) is 0 Å². The van der Waals surface area contributed by atoms with E-state index >= 15 is 0 Å². The molecule has 0 spiro atoms. The number of alkyl halides is 1. The van der Waals surface area contributed by atoms with E-state index in [1.54, 1.807) is 0 Å². The van der Waals surface area contributed by atoms with Crippen LogP contribution in [0.15, 0.2) is 0 Å². The van der Waals surface area contributed by atoms with E-state index in [0.29, 0.717) is 0 Å². The van der Waals surface area contributed by atoms with Gasteiger partial charge in [-0.25, -0.2) is 0 Å². The zero-order valence-electron chi connectivity index (χ0n) is 9.69. The molecule has 16 heavy (non-hydrogen) atoms. The predicted octanol–water partition coefficient (Wildman–Crippen LogP) is 3.10. The van der Waals surface area contributed by atoms with Crippen molar-refractivity contribution >= 4 is 15.9 Å². The number of halogens is 1. The zero-order chi connectivity index (χ0) is 11.1. The maximum absolute atomic E-state index is 4.43. The van der Waals surface area contributed by atoms with Crippen molar-refractivity contribution in [2.45, 2.75) is 50.4 Å². The van der Waals surface area contributed by atoms with Gasteiger partial charge in [0, 0.05) is 12.5 Å². The maximum Gasteiger partial charge on any atom is 0.143 e. The standard InChI is InChI=1S/C12H18BrN3/c1-2-16-10(7-13)14-15-12(16)11-8-5-3-4-6-9(8)11/h8-9,11H,2-7H2,1H3. The summed E-state index contributed by atoms with van der Waals surface area (Å²) in [6.45, 7) is 3.18. The summed E-state index contributed by atoms with van der Waals surface area (Å²) in [7, 11) is 0. The molecule has 0 amide bonds. The molecule has 0 aliphatic heterocycles. The summed E-state index contributed by atoms with van der Waals surface area (Å²) < 4.78 is 2.30. The van der Waals surface area contributed by atoms with E-state index in [1.807, 2.05) is 0 Å². The lowest BCUT2D eigenvalue weighted by atomic mass is 10.0. The molecule has 0 saturated heterocycles. The lowest BCUT2D eigenvalue weighted by molar-refractivity contribution is 0.480. The van der Waals surface area contributed by atoms with Crippen LogP contribution in [0.25, 0.3) is 0 Å². The van der Waals surface area contributed by atoms with Gasteiger partial charge in [-0.2, -0.15) is 0 Å². The fourth-order valence-electron chi connectivity index (χ4n) is 3.41. The fourth-order valence-corrected chi connectivity index (χ4v) is 3.83. The van der Waals surface area contributed by atoms with Gasteiger partial charge in [-0.1, -0.05) is 28.8 Å². The lowest BCUT2D eigenvalue weighted by Gasteiger charge is -2.05. The molecule has 0 N–H and O–H groups in total. The van der Waals surface area contributed by atoms with Crippen LogP contribution in [0.5, 0.6) is 0 Å². The Morgan fingerprint density at radius 1 is 1.25 bits per heavy atom. The van der Waals surface area contributed by atoms with Crippen molar-refractivity contribution in [2.75, 3.05) is 0 Å². The van der Waals surface area contributed by atoms with Crippen LogP contribution in [0.2, 0.25) is 0 Å². The molecule has 0 radical (unpaired) electrons. The SMILES string of the molecule is CCn1c(CBr)nnc1C1C2CCCCC21. The largest absolute Gasteiger partial charge is 0.314 e. The predicted molar refractivity (Wildman–Crippen MR) is 66.5 cm³/mol. The molecule has 1 heterocycles. The van der Waals surface area contributed by atoms with Gasteiger partial charge < -0.3 is 4.57 Å². The highest BCUT2D eigenvalue weighted by molar-refractivity contribution is 9.08. The Morgan fingerprint density at radius 3 is 2.50 bits per heavy atom. The third-order valence-electron chi connectivity index (χ3n) is 4.25. The van der Waals surface area contributed by atoms with E-state index in [2.05, 4.69) is 37.6 Å². The first-order valence-corrected chi connectivity index (χ1v) is 7.47. The van der Waals surface area contributed by atoms with Gasteiger partial charge in [0.15, 0.2) is 0 Å². The first kappa shape index (κ1) is 10.8. The molecule has 4 heteroatoms. The van der Waals surface area contributed by atoms with Gasteiger partial charge in [0.05, 0.1) is 5.33 Å². The Hall–Kier alpha value is -0.380. The molecule has 2 aliphatic rings.